The summed E-state index contributed by atoms with van der Waals surface area (Å²) in [4.78, 5) is 17.1. The predicted molar refractivity (Wildman–Crippen MR) is 113 cm³/mol. The van der Waals surface area contributed by atoms with Crippen molar-refractivity contribution in [3.63, 3.8) is 0 Å². The Balaban J connectivity index is 1.48. The Morgan fingerprint density at radius 1 is 1.00 bits per heavy atom. The van der Waals surface area contributed by atoms with Crippen molar-refractivity contribution in [1.82, 2.24) is 4.90 Å². The molecule has 0 radical (unpaired) electrons. The summed E-state index contributed by atoms with van der Waals surface area (Å²) in [6.07, 6.45) is -0.838. The van der Waals surface area contributed by atoms with Gasteiger partial charge in [0.2, 0.25) is 10.0 Å². The number of carbonyl (C=O) groups is 1. The van der Waals surface area contributed by atoms with Crippen LogP contribution in [-0.2, 0) is 14.8 Å². The molecule has 0 aliphatic carbocycles. The number of hydrogen-bond donors (Lipinski definition) is 0. The fourth-order valence-electron chi connectivity index (χ4n) is 3.78. The molecule has 0 aromatic heterocycles. The van der Waals surface area contributed by atoms with Crippen LogP contribution in [0.1, 0.15) is 6.92 Å². The third kappa shape index (κ3) is 3.89. The monoisotopic (exact) mass is 415 g/mol. The minimum Gasteiger partial charge on any atom is -0.476 e. The second kappa shape index (κ2) is 7.94. The van der Waals surface area contributed by atoms with Crippen LogP contribution in [0.2, 0.25) is 0 Å². The summed E-state index contributed by atoms with van der Waals surface area (Å²) >= 11 is 0. The van der Waals surface area contributed by atoms with Gasteiger partial charge in [-0.15, -0.1) is 0 Å². The van der Waals surface area contributed by atoms with Crippen LogP contribution in [-0.4, -0.2) is 63.8 Å². The number of amides is 1. The number of nitrogens with zero attached hydrogens (tertiary/aromatic N) is 3. The van der Waals surface area contributed by atoms with Gasteiger partial charge in [-0.3, -0.25) is 9.10 Å². The van der Waals surface area contributed by atoms with Crippen molar-refractivity contribution in [2.45, 2.75) is 13.0 Å². The van der Waals surface area contributed by atoms with Gasteiger partial charge in [0.05, 0.1) is 18.0 Å². The van der Waals surface area contributed by atoms with E-state index in [0.717, 1.165) is 18.8 Å². The summed E-state index contributed by atoms with van der Waals surface area (Å²) in [6.45, 7) is 4.23. The lowest BCUT2D eigenvalue weighted by atomic mass is 10.2. The molecule has 7 nitrogen and oxygen atoms in total. The van der Waals surface area contributed by atoms with E-state index in [4.69, 9.17) is 4.74 Å². The summed E-state index contributed by atoms with van der Waals surface area (Å²) < 4.78 is 32.4. The second-order valence-electron chi connectivity index (χ2n) is 7.15. The van der Waals surface area contributed by atoms with E-state index in [1.54, 1.807) is 36.1 Å². The first-order chi connectivity index (χ1) is 14.0. The summed E-state index contributed by atoms with van der Waals surface area (Å²) in [5.74, 6) is 0.235. The quantitative estimate of drug-likeness (QED) is 0.764. The summed E-state index contributed by atoms with van der Waals surface area (Å²) in [5, 5.41) is 0. The van der Waals surface area contributed by atoms with Crippen LogP contribution in [0.3, 0.4) is 0 Å². The largest absolute Gasteiger partial charge is 0.476 e. The van der Waals surface area contributed by atoms with Crippen molar-refractivity contribution in [2.75, 3.05) is 47.7 Å². The normalized spacial score (nSPS) is 19.5. The molecular weight excluding hydrogens is 390 g/mol. The fourth-order valence-corrected chi connectivity index (χ4v) is 4.90. The molecule has 2 aliphatic rings. The van der Waals surface area contributed by atoms with Crippen molar-refractivity contribution in [3.8, 4) is 5.75 Å². The first kappa shape index (κ1) is 19.6. The smallest absolute Gasteiger partial charge is 0.265 e. The number of benzene rings is 2. The molecule has 0 N–H and O–H groups in total. The Hall–Kier alpha value is -2.74. The first-order valence-corrected chi connectivity index (χ1v) is 11.5. The van der Waals surface area contributed by atoms with Gasteiger partial charge in [0.15, 0.2) is 6.10 Å². The fraction of sp³-hybridized carbons (Fsp3) is 0.381. The second-order valence-corrected chi connectivity index (χ2v) is 9.34. The van der Waals surface area contributed by atoms with Gasteiger partial charge in [0.25, 0.3) is 5.91 Å². The standard InChI is InChI=1S/C21H25N3O4S/c1-2-29(26,27)24-16-20(28-19-11-7-6-10-18(19)24)21(25)23-14-12-22(13-15-23)17-8-4-3-5-9-17/h3-11,20H,2,12-16H2,1H3/t20-/m0/s1. The highest BCUT2D eigenvalue weighted by atomic mass is 32.2. The van der Waals surface area contributed by atoms with Gasteiger partial charge < -0.3 is 14.5 Å². The van der Waals surface area contributed by atoms with Gasteiger partial charge in [-0.2, -0.15) is 0 Å². The Kier molecular flexibility index (Phi) is 5.36. The lowest BCUT2D eigenvalue weighted by molar-refractivity contribution is -0.138. The van der Waals surface area contributed by atoms with Crippen LogP contribution in [0, 0.1) is 0 Å². The first-order valence-electron chi connectivity index (χ1n) is 9.84. The lowest BCUT2D eigenvalue weighted by Gasteiger charge is -2.40. The van der Waals surface area contributed by atoms with Crippen molar-refractivity contribution in [1.29, 1.82) is 0 Å². The summed E-state index contributed by atoms with van der Waals surface area (Å²) in [6, 6.07) is 17.1. The van der Waals surface area contributed by atoms with E-state index in [9.17, 15) is 13.2 Å². The van der Waals surface area contributed by atoms with Gasteiger partial charge in [-0.05, 0) is 31.2 Å². The number of ether oxygens (including phenoxy) is 1. The van der Waals surface area contributed by atoms with E-state index in [-0.39, 0.29) is 18.2 Å². The number of hydrogen-bond acceptors (Lipinski definition) is 5. The van der Waals surface area contributed by atoms with E-state index in [2.05, 4.69) is 17.0 Å². The number of anilines is 2. The number of fused-ring (bicyclic) bond motifs is 1. The molecule has 1 saturated heterocycles. The zero-order valence-corrected chi connectivity index (χ0v) is 17.2. The minimum absolute atomic E-state index is 0.00488. The highest BCUT2D eigenvalue weighted by molar-refractivity contribution is 7.92. The molecular formula is C21H25N3O4S. The molecule has 1 fully saturated rings. The number of carbonyl (C=O) groups excluding carboxylic acids is 1. The summed E-state index contributed by atoms with van der Waals surface area (Å²) in [7, 11) is -3.50. The molecule has 4 rings (SSSR count). The van der Waals surface area contributed by atoms with Crippen molar-refractivity contribution < 1.29 is 17.9 Å². The topological polar surface area (TPSA) is 70.2 Å². The predicted octanol–water partition coefficient (Wildman–Crippen LogP) is 1.95. The van der Waals surface area contributed by atoms with Crippen LogP contribution in [0.15, 0.2) is 54.6 Å². The molecule has 2 aliphatic heterocycles. The van der Waals surface area contributed by atoms with E-state index in [1.165, 1.54) is 4.31 Å². The van der Waals surface area contributed by atoms with E-state index >= 15 is 0 Å². The van der Waals surface area contributed by atoms with E-state index < -0.39 is 16.1 Å². The molecule has 1 amide bonds. The van der Waals surface area contributed by atoms with Gasteiger partial charge >= 0.3 is 0 Å². The average Bonchev–Trinajstić information content (AvgIpc) is 2.78. The number of para-hydroxylation sites is 3. The number of rotatable bonds is 4. The maximum Gasteiger partial charge on any atom is 0.265 e. The Bertz CT molecular complexity index is 972. The van der Waals surface area contributed by atoms with E-state index in [0.29, 0.717) is 24.5 Å². The SMILES string of the molecule is CCS(=O)(=O)N1C[C@@H](C(=O)N2CCN(c3ccccc3)CC2)Oc2ccccc21. The molecule has 0 spiro atoms. The van der Waals surface area contributed by atoms with Gasteiger partial charge in [0.1, 0.15) is 5.75 Å². The maximum absolute atomic E-state index is 13.1. The molecule has 8 heteroatoms. The van der Waals surface area contributed by atoms with Crippen LogP contribution in [0.25, 0.3) is 0 Å². The van der Waals surface area contributed by atoms with Crippen LogP contribution >= 0.6 is 0 Å². The van der Waals surface area contributed by atoms with Crippen LogP contribution in [0.5, 0.6) is 5.75 Å². The van der Waals surface area contributed by atoms with Crippen LogP contribution < -0.4 is 13.9 Å². The minimum atomic E-state index is -3.50. The lowest BCUT2D eigenvalue weighted by Crippen LogP contribution is -2.56. The maximum atomic E-state index is 13.1. The Morgan fingerprint density at radius 3 is 2.34 bits per heavy atom. The zero-order chi connectivity index (χ0) is 20.4. The average molecular weight is 416 g/mol. The van der Waals surface area contributed by atoms with Gasteiger partial charge in [-0.25, -0.2) is 8.42 Å². The Morgan fingerprint density at radius 2 is 1.66 bits per heavy atom. The molecule has 1 atom stereocenters. The zero-order valence-electron chi connectivity index (χ0n) is 16.4. The van der Waals surface area contributed by atoms with Crippen LogP contribution in [0.4, 0.5) is 11.4 Å². The van der Waals surface area contributed by atoms with Gasteiger partial charge in [0, 0.05) is 31.9 Å². The van der Waals surface area contributed by atoms with Crippen molar-refractivity contribution in [3.05, 3.63) is 54.6 Å². The molecule has 0 bridgehead atoms. The van der Waals surface area contributed by atoms with Crippen molar-refractivity contribution in [2.24, 2.45) is 0 Å². The van der Waals surface area contributed by atoms with E-state index in [1.807, 2.05) is 18.2 Å². The molecule has 2 heterocycles. The number of sulfonamides is 1. The molecule has 0 unspecified atom stereocenters. The van der Waals surface area contributed by atoms with Crippen molar-refractivity contribution >= 4 is 27.3 Å². The molecule has 2 aromatic carbocycles. The number of piperazine rings is 1. The highest BCUT2D eigenvalue weighted by Gasteiger charge is 2.38. The summed E-state index contributed by atoms with van der Waals surface area (Å²) in [5.41, 5.74) is 1.63. The molecule has 0 saturated carbocycles. The molecule has 2 aromatic rings. The molecule has 154 valence electrons. The molecule has 29 heavy (non-hydrogen) atoms. The highest BCUT2D eigenvalue weighted by Crippen LogP contribution is 2.35. The Labute approximate surface area is 171 Å². The van der Waals surface area contributed by atoms with Gasteiger partial charge in [-0.1, -0.05) is 30.3 Å². The third-order valence-electron chi connectivity index (χ3n) is 5.42. The third-order valence-corrected chi connectivity index (χ3v) is 7.17.